The van der Waals surface area contributed by atoms with Crippen LogP contribution in [0.1, 0.15) is 17.8 Å². The zero-order valence-electron chi connectivity index (χ0n) is 13.7. The van der Waals surface area contributed by atoms with Gasteiger partial charge in [-0.25, -0.2) is 4.98 Å². The summed E-state index contributed by atoms with van der Waals surface area (Å²) in [6.07, 6.45) is 1.11. The van der Waals surface area contributed by atoms with Crippen LogP contribution < -0.4 is 4.90 Å². The van der Waals surface area contributed by atoms with E-state index in [-0.39, 0.29) is 14.5 Å². The molecule has 0 aliphatic heterocycles. The van der Waals surface area contributed by atoms with Gasteiger partial charge >= 0.3 is 0 Å². The molecular weight excluding hydrogens is 241 g/mol. The minimum Gasteiger partial charge on any atom is -0.344 e. The quantitative estimate of drug-likeness (QED) is 0.763. The second-order valence-corrected chi connectivity index (χ2v) is 2.97. The molecule has 1 heterocycles. The highest BCUT2D eigenvalue weighted by molar-refractivity contribution is 9.10. The third kappa shape index (κ3) is 2.08. The van der Waals surface area contributed by atoms with Gasteiger partial charge in [-0.1, -0.05) is 11.6 Å². The molecule has 0 spiro atoms. The summed E-state index contributed by atoms with van der Waals surface area (Å²) in [7, 11) is 0. The summed E-state index contributed by atoms with van der Waals surface area (Å²) in [5.74, 6) is -0.640. The van der Waals surface area contributed by atoms with E-state index in [0.717, 1.165) is 6.20 Å². The molecule has 0 radical (unpaired) electrons. The molecule has 0 N–H and O–H groups in total. The van der Waals surface area contributed by atoms with E-state index >= 15 is 0 Å². The van der Waals surface area contributed by atoms with Crippen LogP contribution in [0.5, 0.6) is 0 Å². The molecule has 0 bridgehead atoms. The molecule has 0 atom stereocenters. The second-order valence-electron chi connectivity index (χ2n) is 1.76. The van der Waals surface area contributed by atoms with E-state index in [1.165, 1.54) is 0 Å². The van der Waals surface area contributed by atoms with Gasteiger partial charge < -0.3 is 4.90 Å². The van der Waals surface area contributed by atoms with Gasteiger partial charge in [-0.15, -0.1) is 0 Å². The Labute approximate surface area is 96.1 Å². The average molecular weight is 259 g/mol. The maximum atomic E-state index is 7.59. The molecule has 0 unspecified atom stereocenters. The lowest BCUT2D eigenvalue weighted by atomic mass is 10.6. The average Bonchev–Trinajstić information content (AvgIpc) is 2.19. The van der Waals surface area contributed by atoms with Gasteiger partial charge in [-0.3, -0.25) is 0 Å². The zero-order valence-corrected chi connectivity index (χ0v) is 8.02. The maximum Gasteiger partial charge on any atom is 0.226 e. The Bertz CT molecular complexity index is 502. The molecule has 12 heavy (non-hydrogen) atoms. The molecule has 0 saturated carbocycles. The van der Waals surface area contributed by atoms with E-state index in [9.17, 15) is 0 Å². The molecular formula is C7H9BrClN3. The number of anilines is 1. The Morgan fingerprint density at radius 1 is 1.92 bits per heavy atom. The monoisotopic (exact) mass is 257 g/mol. The van der Waals surface area contributed by atoms with Crippen LogP contribution in [0.2, 0.25) is 5.15 Å². The van der Waals surface area contributed by atoms with Crippen LogP contribution in [0.3, 0.4) is 0 Å². The van der Waals surface area contributed by atoms with Crippen molar-refractivity contribution in [2.24, 2.45) is 0 Å². The molecule has 1 aromatic heterocycles. The molecule has 0 aliphatic rings. The smallest absolute Gasteiger partial charge is 0.226 e. The van der Waals surface area contributed by atoms with Crippen LogP contribution in [0.4, 0.5) is 5.95 Å². The fraction of sp³-hybridized carbons (Fsp3) is 0.429. The van der Waals surface area contributed by atoms with E-state index in [1.807, 2.05) is 0 Å². The lowest BCUT2D eigenvalue weighted by Crippen LogP contribution is -2.18. The molecule has 0 amide bonds. The molecule has 3 nitrogen and oxygen atoms in total. The van der Waals surface area contributed by atoms with Crippen LogP contribution in [-0.4, -0.2) is 23.4 Å². The number of hydrogen-bond acceptors (Lipinski definition) is 3. The largest absolute Gasteiger partial charge is 0.344 e. The van der Waals surface area contributed by atoms with Gasteiger partial charge in [0, 0.05) is 30.6 Å². The normalized spacial score (nSPS) is 23.2. The predicted octanol–water partition coefficient (Wildman–Crippen LogP) is 2.35. The van der Waals surface area contributed by atoms with Gasteiger partial charge in [0.1, 0.15) is 5.15 Å². The fourth-order valence-electron chi connectivity index (χ4n) is 0.495. The maximum absolute atomic E-state index is 7.59. The fourth-order valence-corrected chi connectivity index (χ4v) is 0.811. The lowest BCUT2D eigenvalue weighted by molar-refractivity contribution is 0.899. The second kappa shape index (κ2) is 4.05. The molecule has 1 aromatic rings. The SMILES string of the molecule is [2H]C([2H])([2H])N(c1ncc(Br)c(Cl)n1)C([2H])([2H])C([2H])([2H])[2H]. The standard InChI is InChI=1S/C7H9BrClN3/c1-3-12(2)7-10-4-5(8)6(9)11-7/h4H,3H2,1-2H3/i1D3,2D3,3D2. The van der Waals surface area contributed by atoms with E-state index < -0.39 is 26.3 Å². The summed E-state index contributed by atoms with van der Waals surface area (Å²) < 4.78 is 58.9. The van der Waals surface area contributed by atoms with Crippen molar-refractivity contribution in [2.75, 3.05) is 18.4 Å². The summed E-state index contributed by atoms with van der Waals surface area (Å²) in [4.78, 5) is 7.24. The first kappa shape index (κ1) is 3.42. The van der Waals surface area contributed by atoms with Crippen LogP contribution in [-0.2, 0) is 0 Å². The Morgan fingerprint density at radius 3 is 3.33 bits per heavy atom. The van der Waals surface area contributed by atoms with E-state index in [1.54, 1.807) is 0 Å². The molecule has 5 heteroatoms. The van der Waals surface area contributed by atoms with Crippen LogP contribution >= 0.6 is 27.5 Å². The minimum absolute atomic E-state index is 0.0192. The van der Waals surface area contributed by atoms with Crippen molar-refractivity contribution < 1.29 is 11.0 Å². The van der Waals surface area contributed by atoms with Crippen molar-refractivity contribution in [3.8, 4) is 0 Å². The van der Waals surface area contributed by atoms with Crippen LogP contribution in [0.15, 0.2) is 10.7 Å². The van der Waals surface area contributed by atoms with Crippen molar-refractivity contribution >= 4 is 33.5 Å². The zero-order chi connectivity index (χ0) is 15.9. The highest BCUT2D eigenvalue weighted by atomic mass is 79.9. The Morgan fingerprint density at radius 2 is 2.75 bits per heavy atom. The minimum atomic E-state index is -3.22. The Hall–Kier alpha value is -0.350. The number of rotatable bonds is 2. The number of nitrogens with zero attached hydrogens (tertiary/aromatic N) is 3. The first-order valence-corrected chi connectivity index (χ1v) is 3.94. The number of aromatic nitrogens is 2. The first-order valence-electron chi connectivity index (χ1n) is 6.77. The van der Waals surface area contributed by atoms with Crippen LogP contribution in [0, 0.1) is 0 Å². The lowest BCUT2D eigenvalue weighted by Gasteiger charge is -2.13. The van der Waals surface area contributed by atoms with Gasteiger partial charge in [0.15, 0.2) is 0 Å². The van der Waals surface area contributed by atoms with Gasteiger partial charge in [-0.2, -0.15) is 4.98 Å². The molecule has 66 valence electrons. The molecule has 0 saturated heterocycles. The molecule has 0 aliphatic carbocycles. The summed E-state index contributed by atoms with van der Waals surface area (Å²) in [5, 5.41) is -0.161. The summed E-state index contributed by atoms with van der Waals surface area (Å²) in [6.45, 7) is -9.52. The third-order valence-electron chi connectivity index (χ3n) is 1.00. The van der Waals surface area contributed by atoms with Gasteiger partial charge in [0.2, 0.25) is 5.95 Å². The third-order valence-corrected chi connectivity index (χ3v) is 2.10. The first-order chi connectivity index (χ1) is 8.78. The van der Waals surface area contributed by atoms with Crippen molar-refractivity contribution in [1.29, 1.82) is 0 Å². The van der Waals surface area contributed by atoms with Gasteiger partial charge in [0.25, 0.3) is 0 Å². The summed E-state index contributed by atoms with van der Waals surface area (Å²) in [5.41, 5.74) is 0. The van der Waals surface area contributed by atoms with E-state index in [4.69, 9.17) is 22.6 Å². The van der Waals surface area contributed by atoms with E-state index in [2.05, 4.69) is 25.9 Å². The predicted molar refractivity (Wildman–Crippen MR) is 53.7 cm³/mol. The number of hydrogen-bond donors (Lipinski definition) is 0. The highest BCUT2D eigenvalue weighted by Crippen LogP contribution is 2.20. The highest BCUT2D eigenvalue weighted by Gasteiger charge is 2.04. The van der Waals surface area contributed by atoms with Gasteiger partial charge in [-0.05, 0) is 22.8 Å². The van der Waals surface area contributed by atoms with E-state index in [0.29, 0.717) is 0 Å². The molecule has 0 aromatic carbocycles. The number of halogens is 2. The Kier molecular flexibility index (Phi) is 1.15. The van der Waals surface area contributed by atoms with Crippen molar-refractivity contribution in [2.45, 2.75) is 6.85 Å². The van der Waals surface area contributed by atoms with Crippen molar-refractivity contribution in [3.05, 3.63) is 15.8 Å². The summed E-state index contributed by atoms with van der Waals surface area (Å²) >= 11 is 8.70. The topological polar surface area (TPSA) is 29.0 Å². The van der Waals surface area contributed by atoms with Crippen molar-refractivity contribution in [3.63, 3.8) is 0 Å². The molecule has 0 fully saturated rings. The molecule has 1 rings (SSSR count). The summed E-state index contributed by atoms with van der Waals surface area (Å²) in [6, 6.07) is 0. The van der Waals surface area contributed by atoms with Crippen molar-refractivity contribution in [1.82, 2.24) is 9.97 Å². The Balaban J connectivity index is 3.45. The van der Waals surface area contributed by atoms with Gasteiger partial charge in [0.05, 0.1) is 4.47 Å². The van der Waals surface area contributed by atoms with Crippen LogP contribution in [0.25, 0.3) is 0 Å².